The number of primary amides is 1. The highest BCUT2D eigenvalue weighted by Crippen LogP contribution is 2.01. The molecule has 3 N–H and O–H groups in total. The number of nitrogens with one attached hydrogen (secondary N) is 1. The summed E-state index contributed by atoms with van der Waals surface area (Å²) in [5, 5.41) is -0.624. The van der Waals surface area contributed by atoms with Crippen LogP contribution in [-0.4, -0.2) is 17.2 Å². The molecule has 0 fully saturated rings. The molecular formula is C5H8Cl2N2O2. The fourth-order valence-corrected chi connectivity index (χ4v) is 0.925. The first kappa shape index (κ1) is 10.7. The van der Waals surface area contributed by atoms with Crippen LogP contribution in [0.5, 0.6) is 0 Å². The maximum atomic E-state index is 10.5. The molecule has 6 heteroatoms. The van der Waals surface area contributed by atoms with Gasteiger partial charge in [-0.3, -0.25) is 9.59 Å². The topological polar surface area (TPSA) is 72.2 Å². The molecule has 0 aromatic rings. The summed E-state index contributed by atoms with van der Waals surface area (Å²) < 4.78 is 0. The van der Waals surface area contributed by atoms with Crippen LogP contribution < -0.4 is 10.6 Å². The van der Waals surface area contributed by atoms with Crippen LogP contribution in [0.2, 0.25) is 0 Å². The van der Waals surface area contributed by atoms with E-state index in [1.165, 1.54) is 0 Å². The first-order valence-corrected chi connectivity index (χ1v) is 3.67. The van der Waals surface area contributed by atoms with E-state index in [2.05, 4.69) is 4.84 Å². The Kier molecular flexibility index (Phi) is 5.19. The van der Waals surface area contributed by atoms with Crippen LogP contribution >= 0.6 is 23.4 Å². The van der Waals surface area contributed by atoms with E-state index in [0.29, 0.717) is 0 Å². The molecule has 0 aromatic heterocycles. The van der Waals surface area contributed by atoms with E-state index < -0.39 is 17.2 Å². The van der Waals surface area contributed by atoms with Gasteiger partial charge in [0.05, 0.1) is 6.04 Å². The summed E-state index contributed by atoms with van der Waals surface area (Å²) in [6.07, 6.45) is 0.310. The van der Waals surface area contributed by atoms with Gasteiger partial charge in [0, 0.05) is 6.42 Å². The van der Waals surface area contributed by atoms with E-state index in [1.807, 2.05) is 0 Å². The van der Waals surface area contributed by atoms with Crippen LogP contribution in [0.25, 0.3) is 0 Å². The molecule has 0 aliphatic carbocycles. The monoisotopic (exact) mass is 198 g/mol. The van der Waals surface area contributed by atoms with Gasteiger partial charge in [0.15, 0.2) is 0 Å². The van der Waals surface area contributed by atoms with Gasteiger partial charge in [-0.1, -0.05) is 0 Å². The lowest BCUT2D eigenvalue weighted by Gasteiger charge is -2.06. The second kappa shape index (κ2) is 5.35. The maximum absolute atomic E-state index is 10.5. The summed E-state index contributed by atoms with van der Waals surface area (Å²) in [5.41, 5.74) is 4.83. The number of hydrogen-bond donors (Lipinski definition) is 2. The Bertz CT molecular complexity index is 163. The third-order valence-corrected chi connectivity index (χ3v) is 1.61. The van der Waals surface area contributed by atoms with E-state index in [4.69, 9.17) is 29.1 Å². The van der Waals surface area contributed by atoms with Crippen molar-refractivity contribution in [2.75, 3.05) is 0 Å². The van der Waals surface area contributed by atoms with E-state index in [-0.39, 0.29) is 12.8 Å². The zero-order chi connectivity index (χ0) is 8.85. The molecule has 0 unspecified atom stereocenters. The van der Waals surface area contributed by atoms with Crippen molar-refractivity contribution < 1.29 is 9.59 Å². The van der Waals surface area contributed by atoms with Gasteiger partial charge in [0.1, 0.15) is 0 Å². The molecule has 0 spiro atoms. The zero-order valence-corrected chi connectivity index (χ0v) is 7.15. The van der Waals surface area contributed by atoms with Gasteiger partial charge >= 0.3 is 0 Å². The number of hydrogen-bond acceptors (Lipinski definition) is 3. The molecule has 0 heterocycles. The normalized spacial score (nSPS) is 12.5. The second-order valence-electron chi connectivity index (χ2n) is 1.97. The third kappa shape index (κ3) is 5.01. The predicted molar refractivity (Wildman–Crippen MR) is 42.1 cm³/mol. The molecule has 0 saturated heterocycles. The van der Waals surface area contributed by atoms with Crippen molar-refractivity contribution in [3.63, 3.8) is 0 Å². The van der Waals surface area contributed by atoms with Crippen LogP contribution in [0.3, 0.4) is 0 Å². The van der Waals surface area contributed by atoms with Crippen LogP contribution in [0, 0.1) is 0 Å². The number of amides is 1. The minimum absolute atomic E-state index is 0.0862. The number of carbonyl (C=O) groups excluding carboxylic acids is 2. The lowest BCUT2D eigenvalue weighted by molar-refractivity contribution is -0.118. The summed E-state index contributed by atoms with van der Waals surface area (Å²) in [6, 6.07) is -0.703. The molecule has 1 atom stereocenters. The van der Waals surface area contributed by atoms with Gasteiger partial charge in [-0.25, -0.2) is 4.84 Å². The average molecular weight is 199 g/mol. The van der Waals surface area contributed by atoms with Gasteiger partial charge in [-0.15, -0.1) is 0 Å². The molecule has 1 amide bonds. The Hall–Kier alpha value is -0.320. The van der Waals surface area contributed by atoms with Crippen LogP contribution in [0.15, 0.2) is 0 Å². The molecular weight excluding hydrogens is 191 g/mol. The van der Waals surface area contributed by atoms with Gasteiger partial charge in [0.2, 0.25) is 11.1 Å². The lowest BCUT2D eigenvalue weighted by Crippen LogP contribution is -2.29. The summed E-state index contributed by atoms with van der Waals surface area (Å²) >= 11 is 10.2. The Morgan fingerprint density at radius 2 is 2.09 bits per heavy atom. The van der Waals surface area contributed by atoms with Crippen molar-refractivity contribution in [1.29, 1.82) is 0 Å². The average Bonchev–Trinajstić information content (AvgIpc) is 1.87. The second-order valence-corrected chi connectivity index (χ2v) is 2.56. The smallest absolute Gasteiger partial charge is 0.239 e. The maximum Gasteiger partial charge on any atom is 0.239 e. The van der Waals surface area contributed by atoms with Crippen molar-refractivity contribution in [2.24, 2.45) is 5.73 Å². The number of rotatable bonds is 5. The van der Waals surface area contributed by atoms with E-state index >= 15 is 0 Å². The SMILES string of the molecule is NC(=O)CC[C@H](NCl)C(=O)Cl. The summed E-state index contributed by atoms with van der Waals surface area (Å²) in [4.78, 5) is 22.8. The van der Waals surface area contributed by atoms with Crippen molar-refractivity contribution in [3.05, 3.63) is 0 Å². The summed E-state index contributed by atoms with van der Waals surface area (Å²) in [6.45, 7) is 0. The van der Waals surface area contributed by atoms with Crippen molar-refractivity contribution in [3.8, 4) is 0 Å². The van der Waals surface area contributed by atoms with Crippen molar-refractivity contribution in [1.82, 2.24) is 4.84 Å². The highest BCUT2D eigenvalue weighted by molar-refractivity contribution is 6.65. The molecule has 64 valence electrons. The lowest BCUT2D eigenvalue weighted by atomic mass is 10.2. The van der Waals surface area contributed by atoms with E-state index in [1.54, 1.807) is 0 Å². The van der Waals surface area contributed by atoms with Gasteiger partial charge in [0.25, 0.3) is 0 Å². The van der Waals surface area contributed by atoms with E-state index in [9.17, 15) is 9.59 Å². The minimum atomic E-state index is -0.703. The third-order valence-electron chi connectivity index (χ3n) is 1.09. The van der Waals surface area contributed by atoms with Crippen molar-refractivity contribution in [2.45, 2.75) is 18.9 Å². The van der Waals surface area contributed by atoms with E-state index in [0.717, 1.165) is 0 Å². The molecule has 0 radical (unpaired) electrons. The Morgan fingerprint density at radius 3 is 2.36 bits per heavy atom. The van der Waals surface area contributed by atoms with Gasteiger partial charge in [-0.2, -0.15) is 0 Å². The molecule has 0 rings (SSSR count). The standard InChI is InChI=1S/C5H8Cl2N2O2/c6-5(11)3(9-7)1-2-4(8)10/h3,9H,1-2H2,(H2,8,10)/t3-/m0/s1. The predicted octanol–water partition coefficient (Wildman–Crippen LogP) is 0.129. The van der Waals surface area contributed by atoms with Gasteiger partial charge < -0.3 is 5.73 Å². The molecule has 4 nitrogen and oxygen atoms in total. The highest BCUT2D eigenvalue weighted by Gasteiger charge is 2.14. The Morgan fingerprint density at radius 1 is 1.55 bits per heavy atom. The fraction of sp³-hybridized carbons (Fsp3) is 0.600. The van der Waals surface area contributed by atoms with Crippen LogP contribution in [0.4, 0.5) is 0 Å². The van der Waals surface area contributed by atoms with Crippen LogP contribution in [-0.2, 0) is 9.59 Å². The zero-order valence-electron chi connectivity index (χ0n) is 5.64. The molecule has 0 aromatic carbocycles. The first-order valence-electron chi connectivity index (χ1n) is 2.91. The largest absolute Gasteiger partial charge is 0.370 e. The summed E-state index contributed by atoms with van der Waals surface area (Å²) in [5.74, 6) is -0.486. The highest BCUT2D eigenvalue weighted by atomic mass is 35.5. The minimum Gasteiger partial charge on any atom is -0.370 e. The van der Waals surface area contributed by atoms with Crippen molar-refractivity contribution >= 4 is 34.5 Å². The fourth-order valence-electron chi connectivity index (χ4n) is 0.498. The molecule has 0 aliphatic heterocycles. The molecule has 0 bridgehead atoms. The van der Waals surface area contributed by atoms with Gasteiger partial charge in [-0.05, 0) is 29.8 Å². The van der Waals surface area contributed by atoms with Crippen LogP contribution in [0.1, 0.15) is 12.8 Å². The Labute approximate surface area is 74.1 Å². The number of carbonyl (C=O) groups is 2. The molecule has 0 saturated carbocycles. The quantitative estimate of drug-likeness (QED) is 0.488. The number of nitrogens with two attached hydrogens (primary N) is 1. The number of halogens is 2. The Balaban J connectivity index is 3.70. The first-order chi connectivity index (χ1) is 5.07. The molecule has 11 heavy (non-hydrogen) atoms. The molecule has 0 aliphatic rings. The summed E-state index contributed by atoms with van der Waals surface area (Å²) in [7, 11) is 0.